The Balaban J connectivity index is 2.05. The van der Waals surface area contributed by atoms with Gasteiger partial charge in [0.05, 0.1) is 11.6 Å². The fourth-order valence-corrected chi connectivity index (χ4v) is 3.56. The molecular formula is C17H12ClF2NOS. The van der Waals surface area contributed by atoms with Gasteiger partial charge >= 0.3 is 0 Å². The second kappa shape index (κ2) is 6.35. The van der Waals surface area contributed by atoms with E-state index in [1.807, 2.05) is 30.3 Å². The molecule has 0 aliphatic carbocycles. The van der Waals surface area contributed by atoms with Gasteiger partial charge in [0, 0.05) is 22.6 Å². The maximum Gasteiger partial charge on any atom is 0.157 e. The third kappa shape index (κ3) is 3.00. The molecule has 0 bridgehead atoms. The zero-order chi connectivity index (χ0) is 16.4. The lowest BCUT2D eigenvalue weighted by Gasteiger charge is -2.24. The van der Waals surface area contributed by atoms with E-state index in [2.05, 4.69) is 4.98 Å². The minimum atomic E-state index is -1.81. The fourth-order valence-electron chi connectivity index (χ4n) is 2.27. The summed E-state index contributed by atoms with van der Waals surface area (Å²) in [5.41, 5.74) is -0.358. The first-order valence-corrected chi connectivity index (χ1v) is 8.21. The van der Waals surface area contributed by atoms with E-state index in [4.69, 9.17) is 11.6 Å². The topological polar surface area (TPSA) is 33.1 Å². The van der Waals surface area contributed by atoms with Crippen molar-refractivity contribution < 1.29 is 13.9 Å². The normalized spacial score (nSPS) is 13.7. The summed E-state index contributed by atoms with van der Waals surface area (Å²) in [5.74, 6) is -1.87. The number of hydrogen-bond acceptors (Lipinski definition) is 3. The lowest BCUT2D eigenvalue weighted by molar-refractivity contribution is 0.101. The zero-order valence-corrected chi connectivity index (χ0v) is 13.4. The first kappa shape index (κ1) is 16.1. The Morgan fingerprint density at radius 3 is 2.52 bits per heavy atom. The summed E-state index contributed by atoms with van der Waals surface area (Å²) in [6.07, 6.45) is 0. The molecule has 1 atom stereocenters. The van der Waals surface area contributed by atoms with Gasteiger partial charge in [0.2, 0.25) is 0 Å². The van der Waals surface area contributed by atoms with Crippen molar-refractivity contribution in [2.24, 2.45) is 0 Å². The Kier molecular flexibility index (Phi) is 4.43. The molecule has 1 heterocycles. The summed E-state index contributed by atoms with van der Waals surface area (Å²) in [6.45, 7) is 0. The van der Waals surface area contributed by atoms with E-state index in [0.717, 1.165) is 17.7 Å². The van der Waals surface area contributed by atoms with Crippen molar-refractivity contribution >= 4 is 22.9 Å². The first-order valence-electron chi connectivity index (χ1n) is 6.80. The number of alkyl halides is 1. The Bertz CT molecular complexity index is 824. The summed E-state index contributed by atoms with van der Waals surface area (Å²) in [4.78, 5) is 4.39. The van der Waals surface area contributed by atoms with Gasteiger partial charge in [-0.1, -0.05) is 30.3 Å². The Hall–Kier alpha value is -1.82. The highest BCUT2D eigenvalue weighted by molar-refractivity contribution is 7.10. The van der Waals surface area contributed by atoms with Crippen molar-refractivity contribution in [3.8, 4) is 11.3 Å². The molecule has 2 aromatic carbocycles. The average molecular weight is 352 g/mol. The van der Waals surface area contributed by atoms with Gasteiger partial charge < -0.3 is 5.11 Å². The monoisotopic (exact) mass is 351 g/mol. The van der Waals surface area contributed by atoms with Crippen molar-refractivity contribution in [2.45, 2.75) is 5.60 Å². The molecule has 0 spiro atoms. The molecule has 6 heteroatoms. The largest absolute Gasteiger partial charge is 0.376 e. The van der Waals surface area contributed by atoms with Crippen LogP contribution in [0.5, 0.6) is 0 Å². The summed E-state index contributed by atoms with van der Waals surface area (Å²) in [7, 11) is 0. The summed E-state index contributed by atoms with van der Waals surface area (Å²) in [6, 6.07) is 12.4. The molecule has 3 aromatic rings. The van der Waals surface area contributed by atoms with Gasteiger partial charge in [-0.05, 0) is 12.1 Å². The van der Waals surface area contributed by atoms with Gasteiger partial charge in [-0.3, -0.25) is 0 Å². The van der Waals surface area contributed by atoms with E-state index >= 15 is 0 Å². The number of halogens is 3. The number of aromatic nitrogens is 1. The molecule has 1 aromatic heterocycles. The van der Waals surface area contributed by atoms with E-state index in [9.17, 15) is 13.9 Å². The molecule has 2 nitrogen and oxygen atoms in total. The first-order chi connectivity index (χ1) is 11.0. The molecule has 0 saturated carbocycles. The van der Waals surface area contributed by atoms with Crippen molar-refractivity contribution in [3.05, 3.63) is 76.1 Å². The summed E-state index contributed by atoms with van der Waals surface area (Å²) < 4.78 is 27.2. The minimum Gasteiger partial charge on any atom is -0.376 e. The highest BCUT2D eigenvalue weighted by Crippen LogP contribution is 2.36. The number of nitrogens with zero attached hydrogens (tertiary/aromatic N) is 1. The predicted octanol–water partition coefficient (Wildman–Crippen LogP) is 4.56. The summed E-state index contributed by atoms with van der Waals surface area (Å²) >= 11 is 7.08. The van der Waals surface area contributed by atoms with E-state index in [-0.39, 0.29) is 16.5 Å². The lowest BCUT2D eigenvalue weighted by atomic mass is 9.96. The molecule has 0 aliphatic rings. The van der Waals surface area contributed by atoms with E-state index in [1.165, 1.54) is 17.4 Å². The van der Waals surface area contributed by atoms with E-state index in [0.29, 0.717) is 5.69 Å². The van der Waals surface area contributed by atoms with Crippen LogP contribution >= 0.6 is 22.9 Å². The molecule has 118 valence electrons. The smallest absolute Gasteiger partial charge is 0.157 e. The van der Waals surface area contributed by atoms with Crippen molar-refractivity contribution in [2.75, 3.05) is 5.88 Å². The number of aliphatic hydroxyl groups is 1. The van der Waals surface area contributed by atoms with Crippen LogP contribution in [0, 0.1) is 11.6 Å². The van der Waals surface area contributed by atoms with Gasteiger partial charge in [0.1, 0.15) is 16.6 Å². The van der Waals surface area contributed by atoms with Crippen LogP contribution in [0.25, 0.3) is 11.3 Å². The second-order valence-corrected chi connectivity index (χ2v) is 6.15. The van der Waals surface area contributed by atoms with E-state index < -0.39 is 17.2 Å². The third-order valence-corrected chi connectivity index (χ3v) is 4.88. The number of hydrogen-bond donors (Lipinski definition) is 1. The average Bonchev–Trinajstić information content (AvgIpc) is 3.05. The minimum absolute atomic E-state index is 0.0946. The molecule has 1 N–H and O–H groups in total. The van der Waals surface area contributed by atoms with Gasteiger partial charge in [0.25, 0.3) is 0 Å². The van der Waals surface area contributed by atoms with Gasteiger partial charge in [-0.25, -0.2) is 13.8 Å². The van der Waals surface area contributed by atoms with Gasteiger partial charge in [0.15, 0.2) is 5.60 Å². The molecule has 0 amide bonds. The molecule has 23 heavy (non-hydrogen) atoms. The number of rotatable bonds is 4. The highest BCUT2D eigenvalue weighted by Gasteiger charge is 2.36. The van der Waals surface area contributed by atoms with Crippen LogP contribution in [-0.2, 0) is 5.60 Å². The summed E-state index contributed by atoms with van der Waals surface area (Å²) in [5, 5.41) is 12.9. The SMILES string of the molecule is OC(CCl)(c1nc(-c2ccccc2)cs1)c1ccc(F)cc1F. The van der Waals surface area contributed by atoms with Crippen molar-refractivity contribution in [3.63, 3.8) is 0 Å². The molecule has 0 aliphatic heterocycles. The lowest BCUT2D eigenvalue weighted by Crippen LogP contribution is -2.30. The van der Waals surface area contributed by atoms with Crippen LogP contribution in [0.4, 0.5) is 8.78 Å². The molecule has 1 unspecified atom stereocenters. The van der Waals surface area contributed by atoms with Crippen molar-refractivity contribution in [1.82, 2.24) is 4.98 Å². The van der Waals surface area contributed by atoms with Crippen LogP contribution in [-0.4, -0.2) is 16.0 Å². The maximum atomic E-state index is 14.1. The Morgan fingerprint density at radius 1 is 1.13 bits per heavy atom. The predicted molar refractivity (Wildman–Crippen MR) is 87.6 cm³/mol. The van der Waals surface area contributed by atoms with Gasteiger partial charge in [-0.2, -0.15) is 0 Å². The second-order valence-electron chi connectivity index (χ2n) is 5.02. The molecule has 0 fully saturated rings. The van der Waals surface area contributed by atoms with Crippen LogP contribution in [0.2, 0.25) is 0 Å². The zero-order valence-electron chi connectivity index (χ0n) is 11.8. The Morgan fingerprint density at radius 2 is 1.87 bits per heavy atom. The van der Waals surface area contributed by atoms with Crippen LogP contribution in [0.1, 0.15) is 10.6 Å². The highest BCUT2D eigenvalue weighted by atomic mass is 35.5. The third-order valence-electron chi connectivity index (χ3n) is 3.50. The molecule has 3 rings (SSSR count). The van der Waals surface area contributed by atoms with E-state index in [1.54, 1.807) is 5.38 Å². The van der Waals surface area contributed by atoms with Crippen LogP contribution < -0.4 is 0 Å². The maximum absolute atomic E-state index is 14.1. The quantitative estimate of drug-likeness (QED) is 0.699. The van der Waals surface area contributed by atoms with Crippen LogP contribution in [0.3, 0.4) is 0 Å². The Labute approximate surface area is 141 Å². The standard InChI is InChI=1S/C17H12ClF2NOS/c18-10-17(22,13-7-6-12(19)8-14(13)20)16-21-15(9-23-16)11-4-2-1-3-5-11/h1-9,22H,10H2. The van der Waals surface area contributed by atoms with Crippen molar-refractivity contribution in [1.29, 1.82) is 0 Å². The number of benzene rings is 2. The van der Waals surface area contributed by atoms with Gasteiger partial charge in [-0.15, -0.1) is 22.9 Å². The molecule has 0 radical (unpaired) electrons. The van der Waals surface area contributed by atoms with Crippen LogP contribution in [0.15, 0.2) is 53.9 Å². The molecule has 0 saturated heterocycles. The number of thiazole rings is 1. The molecular weight excluding hydrogens is 340 g/mol. The fraction of sp³-hybridized carbons (Fsp3) is 0.118.